The Kier molecular flexibility index (Phi) is 41.0. The van der Waals surface area contributed by atoms with Crippen LogP contribution in [-0.4, -0.2) is 86.8 Å². The first kappa shape index (κ1) is 53.9. The fourth-order valence-electron chi connectivity index (χ4n) is 7.11. The van der Waals surface area contributed by atoms with E-state index in [1.165, 1.54) is 96.3 Å². The van der Waals surface area contributed by atoms with Crippen LogP contribution in [0.15, 0.2) is 0 Å². The van der Waals surface area contributed by atoms with Gasteiger partial charge in [-0.15, -0.1) is 0 Å². The normalized spacial score (nSPS) is 11.9. The van der Waals surface area contributed by atoms with Gasteiger partial charge in [-0.05, 0) is 70.9 Å². The monoisotopic (exact) mass is 798 g/mol. The average molecular weight is 798 g/mol. The number of aliphatic hydroxyl groups excluding tert-OH is 1. The highest BCUT2D eigenvalue weighted by atomic mass is 16.7. The predicted octanol–water partition coefficient (Wildman–Crippen LogP) is 11.8. The van der Waals surface area contributed by atoms with Crippen LogP contribution in [0.5, 0.6) is 0 Å². The number of nitrogens with one attached hydrogen (secondary N) is 2. The van der Waals surface area contributed by atoms with E-state index in [2.05, 4.69) is 36.3 Å². The van der Waals surface area contributed by atoms with Crippen LogP contribution in [0, 0.1) is 0 Å². The van der Waals surface area contributed by atoms with Crippen molar-refractivity contribution in [2.24, 2.45) is 0 Å². The first-order valence-corrected chi connectivity index (χ1v) is 23.7. The minimum Gasteiger partial charge on any atom is -0.462 e. The van der Waals surface area contributed by atoms with Crippen LogP contribution in [0.2, 0.25) is 0 Å². The molecule has 1 unspecified atom stereocenters. The molecular weight excluding hydrogens is 707 g/mol. The van der Waals surface area contributed by atoms with Gasteiger partial charge in [0, 0.05) is 26.6 Å². The van der Waals surface area contributed by atoms with Gasteiger partial charge in [0.05, 0.1) is 19.3 Å². The number of nitrogens with zero attached hydrogens (tertiary/aromatic N) is 1. The average Bonchev–Trinajstić information content (AvgIpc) is 3.19. The summed E-state index contributed by atoms with van der Waals surface area (Å²) in [5, 5.41) is 15.8. The first-order chi connectivity index (χ1) is 27.4. The van der Waals surface area contributed by atoms with Crippen molar-refractivity contribution in [1.82, 2.24) is 15.5 Å². The third-order valence-electron chi connectivity index (χ3n) is 10.7. The second-order valence-electron chi connectivity index (χ2n) is 16.1. The number of hydrogen-bond donors (Lipinski definition) is 3. The van der Waals surface area contributed by atoms with Crippen LogP contribution < -0.4 is 10.6 Å². The van der Waals surface area contributed by atoms with Gasteiger partial charge >= 0.3 is 18.2 Å². The summed E-state index contributed by atoms with van der Waals surface area (Å²) in [6, 6.07) is -0.297. The van der Waals surface area contributed by atoms with E-state index in [1.807, 2.05) is 0 Å². The molecule has 0 aromatic heterocycles. The topological polar surface area (TPSA) is 126 Å². The molecule has 0 aliphatic carbocycles. The molecule has 1 atom stereocenters. The zero-order chi connectivity index (χ0) is 41.2. The van der Waals surface area contributed by atoms with Crippen LogP contribution in [0.4, 0.5) is 9.59 Å². The number of carbonyl (C=O) groups is 3. The van der Waals surface area contributed by atoms with Crippen molar-refractivity contribution in [3.8, 4) is 0 Å². The number of aliphatic hydroxyl groups is 1. The lowest BCUT2D eigenvalue weighted by atomic mass is 10.0. The van der Waals surface area contributed by atoms with Gasteiger partial charge in [-0.25, -0.2) is 9.59 Å². The van der Waals surface area contributed by atoms with Crippen LogP contribution in [-0.2, 0) is 19.0 Å². The number of rotatable bonds is 42. The van der Waals surface area contributed by atoms with Gasteiger partial charge in [-0.2, -0.15) is 0 Å². The molecule has 0 spiro atoms. The maximum Gasteiger partial charge on any atom is 0.508 e. The van der Waals surface area contributed by atoms with E-state index in [0.29, 0.717) is 26.2 Å². The van der Waals surface area contributed by atoms with Crippen molar-refractivity contribution in [2.75, 3.05) is 46.4 Å². The van der Waals surface area contributed by atoms with Crippen molar-refractivity contribution in [3.05, 3.63) is 0 Å². The SMILES string of the molecule is CCCCCCCCCOC(=O)OCCCCCCN(CCCCCCCC(=O)OC(CCCCCCCC)CCCCCCCC)CC(O)CNC(=O)NC. The smallest absolute Gasteiger partial charge is 0.462 e. The van der Waals surface area contributed by atoms with E-state index in [0.717, 1.165) is 109 Å². The molecule has 0 bridgehead atoms. The highest BCUT2D eigenvalue weighted by Gasteiger charge is 2.15. The number of urea groups is 1. The highest BCUT2D eigenvalue weighted by Crippen LogP contribution is 2.18. The Morgan fingerprint density at radius 1 is 0.554 bits per heavy atom. The third-order valence-corrected chi connectivity index (χ3v) is 10.7. The fraction of sp³-hybridized carbons (Fsp3) is 0.935. The maximum atomic E-state index is 12.8. The van der Waals surface area contributed by atoms with Crippen LogP contribution in [0.3, 0.4) is 0 Å². The quantitative estimate of drug-likeness (QED) is 0.0412. The van der Waals surface area contributed by atoms with Crippen molar-refractivity contribution in [3.63, 3.8) is 0 Å². The number of unbranched alkanes of at least 4 members (excludes halogenated alkanes) is 23. The van der Waals surface area contributed by atoms with Gasteiger partial charge in [0.1, 0.15) is 6.10 Å². The summed E-state index contributed by atoms with van der Waals surface area (Å²) in [6.45, 7) is 9.98. The van der Waals surface area contributed by atoms with Gasteiger partial charge in [-0.1, -0.05) is 156 Å². The van der Waals surface area contributed by atoms with E-state index in [9.17, 15) is 19.5 Å². The summed E-state index contributed by atoms with van der Waals surface area (Å²) >= 11 is 0. The minimum atomic E-state index is -0.648. The summed E-state index contributed by atoms with van der Waals surface area (Å²) in [4.78, 5) is 38.5. The number of amides is 2. The molecular formula is C46H91N3O7. The van der Waals surface area contributed by atoms with Gasteiger partial charge in [0.25, 0.3) is 0 Å². The largest absolute Gasteiger partial charge is 0.508 e. The molecule has 0 saturated heterocycles. The third kappa shape index (κ3) is 38.8. The van der Waals surface area contributed by atoms with Crippen LogP contribution >= 0.6 is 0 Å². The molecule has 0 aromatic rings. The molecule has 0 aliphatic rings. The molecule has 3 N–H and O–H groups in total. The van der Waals surface area contributed by atoms with Crippen molar-refractivity contribution >= 4 is 18.2 Å². The molecule has 0 aliphatic heterocycles. The molecule has 0 radical (unpaired) electrons. The Bertz CT molecular complexity index is 862. The van der Waals surface area contributed by atoms with E-state index >= 15 is 0 Å². The Hall–Kier alpha value is -2.07. The second kappa shape index (κ2) is 42.5. The Balaban J connectivity index is 4.39. The van der Waals surface area contributed by atoms with Crippen LogP contribution in [0.1, 0.15) is 220 Å². The number of carbonyl (C=O) groups excluding carboxylic acids is 3. The molecule has 332 valence electrons. The molecule has 0 aromatic carbocycles. The molecule has 10 nitrogen and oxygen atoms in total. The zero-order valence-corrected chi connectivity index (χ0v) is 37.2. The van der Waals surface area contributed by atoms with E-state index in [1.54, 1.807) is 7.05 Å². The molecule has 0 saturated carbocycles. The van der Waals surface area contributed by atoms with E-state index in [-0.39, 0.29) is 24.6 Å². The lowest BCUT2D eigenvalue weighted by Crippen LogP contribution is -2.43. The molecule has 2 amide bonds. The number of esters is 1. The summed E-state index contributed by atoms with van der Waals surface area (Å²) in [6.07, 6.45) is 33.6. The standard InChI is InChI=1S/C46H91N3O7/c1-5-8-11-14-17-24-31-38-54-46(53)55-39-32-25-23-30-37-49(41-42(50)40-48-45(52)47-4)36-29-22-18-21-28-35-44(51)56-43(33-26-19-15-12-9-6-2)34-27-20-16-13-10-7-3/h42-43,50H,5-41H2,1-4H3,(H2,47,48,52). The molecule has 56 heavy (non-hydrogen) atoms. The van der Waals surface area contributed by atoms with Gasteiger partial charge < -0.3 is 34.9 Å². The lowest BCUT2D eigenvalue weighted by molar-refractivity contribution is -0.150. The van der Waals surface area contributed by atoms with Crippen molar-refractivity contribution in [1.29, 1.82) is 0 Å². The summed E-state index contributed by atoms with van der Waals surface area (Å²) in [5.41, 5.74) is 0. The summed E-state index contributed by atoms with van der Waals surface area (Å²) in [5.74, 6) is -0.0252. The van der Waals surface area contributed by atoms with Crippen molar-refractivity contribution in [2.45, 2.75) is 232 Å². The second-order valence-corrected chi connectivity index (χ2v) is 16.1. The van der Waals surface area contributed by atoms with Gasteiger partial charge in [-0.3, -0.25) is 4.79 Å². The fourth-order valence-corrected chi connectivity index (χ4v) is 7.11. The summed E-state index contributed by atoms with van der Waals surface area (Å²) < 4.78 is 16.5. The van der Waals surface area contributed by atoms with Gasteiger partial charge in [0.2, 0.25) is 0 Å². The highest BCUT2D eigenvalue weighted by molar-refractivity contribution is 5.73. The van der Waals surface area contributed by atoms with Crippen LogP contribution in [0.25, 0.3) is 0 Å². The van der Waals surface area contributed by atoms with Crippen molar-refractivity contribution < 1.29 is 33.7 Å². The minimum absolute atomic E-state index is 0.0252. The lowest BCUT2D eigenvalue weighted by Gasteiger charge is -2.25. The zero-order valence-electron chi connectivity index (χ0n) is 37.2. The molecule has 0 heterocycles. The Morgan fingerprint density at radius 3 is 1.43 bits per heavy atom. The number of ether oxygens (including phenoxy) is 3. The number of hydrogen-bond acceptors (Lipinski definition) is 8. The Morgan fingerprint density at radius 2 is 0.964 bits per heavy atom. The molecule has 0 fully saturated rings. The predicted molar refractivity (Wildman–Crippen MR) is 232 cm³/mol. The summed E-state index contributed by atoms with van der Waals surface area (Å²) in [7, 11) is 1.56. The molecule has 0 rings (SSSR count). The Labute approximate surface area is 345 Å². The molecule has 10 heteroatoms. The van der Waals surface area contributed by atoms with E-state index in [4.69, 9.17) is 14.2 Å². The van der Waals surface area contributed by atoms with Gasteiger partial charge in [0.15, 0.2) is 0 Å². The first-order valence-electron chi connectivity index (χ1n) is 23.7. The van der Waals surface area contributed by atoms with E-state index < -0.39 is 12.3 Å². The maximum absolute atomic E-state index is 12.8.